The molecule has 16 heavy (non-hydrogen) atoms. The predicted molar refractivity (Wildman–Crippen MR) is 66.4 cm³/mol. The van der Waals surface area contributed by atoms with Crippen LogP contribution >= 0.6 is 0 Å². The van der Waals surface area contributed by atoms with Gasteiger partial charge in [0, 0.05) is 24.9 Å². The first kappa shape index (κ1) is 10.8. The molecule has 2 aromatic rings. The lowest BCUT2D eigenvalue weighted by Crippen LogP contribution is -2.18. The van der Waals surface area contributed by atoms with Crippen molar-refractivity contribution < 1.29 is 0 Å². The van der Waals surface area contributed by atoms with E-state index in [4.69, 9.17) is 0 Å². The van der Waals surface area contributed by atoms with Gasteiger partial charge in [0.2, 0.25) is 0 Å². The van der Waals surface area contributed by atoms with Crippen LogP contribution in [-0.4, -0.2) is 18.6 Å². The van der Waals surface area contributed by atoms with Crippen molar-refractivity contribution >= 4 is 0 Å². The Kier molecular flexibility index (Phi) is 3.67. The Bertz CT molecular complexity index is 372. The Balaban J connectivity index is 2.31. The molecule has 1 heterocycles. The topological polar surface area (TPSA) is 24.9 Å². The van der Waals surface area contributed by atoms with E-state index in [-0.39, 0.29) is 0 Å². The lowest BCUT2D eigenvalue weighted by atomic mass is 9.92. The van der Waals surface area contributed by atoms with Crippen molar-refractivity contribution in [3.63, 3.8) is 0 Å². The molecule has 2 nitrogen and oxygen atoms in total. The van der Waals surface area contributed by atoms with Crippen molar-refractivity contribution in [1.82, 2.24) is 10.3 Å². The van der Waals surface area contributed by atoms with Gasteiger partial charge in [-0.3, -0.25) is 4.98 Å². The lowest BCUT2D eigenvalue weighted by molar-refractivity contribution is 0.707. The maximum Gasteiger partial charge on any atom is 0.0270 e. The zero-order valence-electron chi connectivity index (χ0n) is 9.43. The first-order chi connectivity index (χ1) is 7.92. The summed E-state index contributed by atoms with van der Waals surface area (Å²) in [5.74, 6) is 0.397. The SMILES string of the molecule is CNCC(c1ccccc1)c1ccncc1. The molecule has 2 rings (SSSR count). The second kappa shape index (κ2) is 5.42. The van der Waals surface area contributed by atoms with Crippen molar-refractivity contribution in [2.75, 3.05) is 13.6 Å². The van der Waals surface area contributed by atoms with Gasteiger partial charge in [-0.15, -0.1) is 0 Å². The van der Waals surface area contributed by atoms with Crippen molar-refractivity contribution in [2.24, 2.45) is 0 Å². The van der Waals surface area contributed by atoms with Gasteiger partial charge in [0.25, 0.3) is 0 Å². The van der Waals surface area contributed by atoms with E-state index in [1.807, 2.05) is 25.5 Å². The van der Waals surface area contributed by atoms with E-state index in [1.165, 1.54) is 11.1 Å². The highest BCUT2D eigenvalue weighted by Gasteiger charge is 2.12. The maximum absolute atomic E-state index is 4.06. The van der Waals surface area contributed by atoms with Gasteiger partial charge in [-0.05, 0) is 30.3 Å². The summed E-state index contributed by atoms with van der Waals surface area (Å²) in [4.78, 5) is 4.06. The van der Waals surface area contributed by atoms with E-state index < -0.39 is 0 Å². The molecule has 0 fully saturated rings. The number of hydrogen-bond acceptors (Lipinski definition) is 2. The summed E-state index contributed by atoms with van der Waals surface area (Å²) in [6.07, 6.45) is 3.70. The molecule has 0 aliphatic rings. The highest BCUT2D eigenvalue weighted by atomic mass is 14.8. The molecule has 0 saturated carbocycles. The van der Waals surface area contributed by atoms with E-state index in [2.05, 4.69) is 46.7 Å². The van der Waals surface area contributed by atoms with Crippen molar-refractivity contribution in [2.45, 2.75) is 5.92 Å². The minimum atomic E-state index is 0.397. The minimum Gasteiger partial charge on any atom is -0.319 e. The smallest absolute Gasteiger partial charge is 0.0270 e. The molecular weight excluding hydrogens is 196 g/mol. The summed E-state index contributed by atoms with van der Waals surface area (Å²) in [6.45, 7) is 0.939. The average Bonchev–Trinajstić information content (AvgIpc) is 2.38. The molecule has 0 amide bonds. The third-order valence-electron chi connectivity index (χ3n) is 2.72. The van der Waals surface area contributed by atoms with Crippen LogP contribution in [0.1, 0.15) is 17.0 Å². The number of aromatic nitrogens is 1. The summed E-state index contributed by atoms with van der Waals surface area (Å²) >= 11 is 0. The Morgan fingerprint density at radius 3 is 2.25 bits per heavy atom. The Morgan fingerprint density at radius 2 is 1.62 bits per heavy atom. The highest BCUT2D eigenvalue weighted by molar-refractivity contribution is 5.31. The molecular formula is C14H16N2. The zero-order valence-corrected chi connectivity index (χ0v) is 9.43. The quantitative estimate of drug-likeness (QED) is 0.842. The molecule has 2 heteroatoms. The second-order valence-corrected chi connectivity index (χ2v) is 3.80. The molecule has 0 spiro atoms. The number of nitrogens with zero attached hydrogens (tertiary/aromatic N) is 1. The molecule has 1 atom stereocenters. The first-order valence-corrected chi connectivity index (χ1v) is 5.51. The van der Waals surface area contributed by atoms with Crippen LogP contribution in [0.3, 0.4) is 0 Å². The zero-order chi connectivity index (χ0) is 11.2. The van der Waals surface area contributed by atoms with Gasteiger partial charge in [-0.25, -0.2) is 0 Å². The highest BCUT2D eigenvalue weighted by Crippen LogP contribution is 2.22. The summed E-state index contributed by atoms with van der Waals surface area (Å²) in [5.41, 5.74) is 2.64. The van der Waals surface area contributed by atoms with Crippen molar-refractivity contribution in [3.8, 4) is 0 Å². The number of benzene rings is 1. The fraction of sp³-hybridized carbons (Fsp3) is 0.214. The number of hydrogen-bond donors (Lipinski definition) is 1. The van der Waals surface area contributed by atoms with Crippen molar-refractivity contribution in [3.05, 3.63) is 66.0 Å². The lowest BCUT2D eigenvalue weighted by Gasteiger charge is -2.17. The van der Waals surface area contributed by atoms with Gasteiger partial charge >= 0.3 is 0 Å². The van der Waals surface area contributed by atoms with E-state index >= 15 is 0 Å². The third kappa shape index (κ3) is 2.47. The number of likely N-dealkylation sites (N-methyl/N-ethyl adjacent to an activating group) is 1. The first-order valence-electron chi connectivity index (χ1n) is 5.51. The number of rotatable bonds is 4. The maximum atomic E-state index is 4.06. The average molecular weight is 212 g/mol. The van der Waals surface area contributed by atoms with Crippen LogP contribution in [0.25, 0.3) is 0 Å². The van der Waals surface area contributed by atoms with Gasteiger partial charge in [0.1, 0.15) is 0 Å². The minimum absolute atomic E-state index is 0.397. The Labute approximate surface area is 96.4 Å². The standard InChI is InChI=1S/C14H16N2/c1-15-11-14(12-5-3-2-4-6-12)13-7-9-16-10-8-13/h2-10,14-15H,11H2,1H3. The molecule has 0 aliphatic heterocycles. The molecule has 0 bridgehead atoms. The van der Waals surface area contributed by atoms with Crippen LogP contribution in [0.2, 0.25) is 0 Å². The Morgan fingerprint density at radius 1 is 1.00 bits per heavy atom. The predicted octanol–water partition coefficient (Wildman–Crippen LogP) is 2.43. The number of pyridine rings is 1. The van der Waals surface area contributed by atoms with E-state index in [9.17, 15) is 0 Å². The van der Waals surface area contributed by atoms with E-state index in [1.54, 1.807) is 0 Å². The third-order valence-corrected chi connectivity index (χ3v) is 2.72. The van der Waals surface area contributed by atoms with E-state index in [0.717, 1.165) is 6.54 Å². The van der Waals surface area contributed by atoms with Crippen LogP contribution in [0.4, 0.5) is 0 Å². The van der Waals surface area contributed by atoms with Crippen molar-refractivity contribution in [1.29, 1.82) is 0 Å². The van der Waals surface area contributed by atoms with Gasteiger partial charge in [0.05, 0.1) is 0 Å². The summed E-state index contributed by atoms with van der Waals surface area (Å²) < 4.78 is 0. The van der Waals surface area contributed by atoms with Gasteiger partial charge in [0.15, 0.2) is 0 Å². The summed E-state index contributed by atoms with van der Waals surface area (Å²) in [5, 5.41) is 3.24. The molecule has 1 unspecified atom stereocenters. The summed E-state index contributed by atoms with van der Waals surface area (Å²) in [6, 6.07) is 14.7. The van der Waals surface area contributed by atoms with Gasteiger partial charge in [-0.2, -0.15) is 0 Å². The molecule has 1 aromatic carbocycles. The van der Waals surface area contributed by atoms with Gasteiger partial charge in [-0.1, -0.05) is 30.3 Å². The fourth-order valence-corrected chi connectivity index (χ4v) is 1.91. The van der Waals surface area contributed by atoms with Gasteiger partial charge < -0.3 is 5.32 Å². The Hall–Kier alpha value is -1.67. The molecule has 0 aliphatic carbocycles. The fourth-order valence-electron chi connectivity index (χ4n) is 1.91. The molecule has 1 N–H and O–H groups in total. The largest absolute Gasteiger partial charge is 0.319 e. The van der Waals surface area contributed by atoms with Crippen LogP contribution in [0.5, 0.6) is 0 Å². The van der Waals surface area contributed by atoms with Crippen LogP contribution in [-0.2, 0) is 0 Å². The normalized spacial score (nSPS) is 12.3. The second-order valence-electron chi connectivity index (χ2n) is 3.80. The molecule has 82 valence electrons. The monoisotopic (exact) mass is 212 g/mol. The van der Waals surface area contributed by atoms with E-state index in [0.29, 0.717) is 5.92 Å². The number of nitrogens with one attached hydrogen (secondary N) is 1. The van der Waals surface area contributed by atoms with Crippen LogP contribution in [0, 0.1) is 0 Å². The summed E-state index contributed by atoms with van der Waals surface area (Å²) in [7, 11) is 1.98. The van der Waals surface area contributed by atoms with Crippen LogP contribution < -0.4 is 5.32 Å². The molecule has 0 saturated heterocycles. The molecule has 1 aromatic heterocycles. The van der Waals surface area contributed by atoms with Crippen LogP contribution in [0.15, 0.2) is 54.9 Å². The molecule has 0 radical (unpaired) electrons.